The van der Waals surface area contributed by atoms with Crippen LogP contribution in [0.25, 0.3) is 32.8 Å². The number of aromatic hydroxyl groups is 1. The van der Waals surface area contributed by atoms with E-state index in [9.17, 15) is 9.90 Å². The fourth-order valence-corrected chi connectivity index (χ4v) is 5.44. The molecule has 1 aromatic heterocycles. The van der Waals surface area contributed by atoms with Crippen molar-refractivity contribution in [1.29, 1.82) is 0 Å². The van der Waals surface area contributed by atoms with Crippen LogP contribution in [0.1, 0.15) is 26.7 Å². The number of amides is 1. The number of nitrogens with zero attached hydrogens (tertiary/aromatic N) is 3. The second-order valence-corrected chi connectivity index (χ2v) is 10.9. The summed E-state index contributed by atoms with van der Waals surface area (Å²) in [6.45, 7) is 4.80. The van der Waals surface area contributed by atoms with Gasteiger partial charge >= 0.3 is 6.01 Å². The number of hydrogen-bond donors (Lipinski definition) is 3. The van der Waals surface area contributed by atoms with E-state index in [1.807, 2.05) is 30.3 Å². The molecule has 3 heterocycles. The average Bonchev–Trinajstić information content (AvgIpc) is 3.24. The molecule has 0 radical (unpaired) electrons. The fourth-order valence-electron chi connectivity index (χ4n) is 5.44. The molecule has 0 spiro atoms. The minimum Gasteiger partial charge on any atom is -0.508 e. The van der Waals surface area contributed by atoms with E-state index in [2.05, 4.69) is 15.2 Å². The molecule has 2 aliphatic heterocycles. The number of halogens is 1. The van der Waals surface area contributed by atoms with Crippen LogP contribution in [0.5, 0.6) is 11.8 Å². The molecule has 0 aliphatic carbocycles. The number of nitrogens with two attached hydrogens (primary N) is 1. The molecule has 38 heavy (non-hydrogen) atoms. The molecule has 196 valence electrons. The molecule has 2 bridgehead atoms. The number of rotatable bonds is 6. The Hall–Kier alpha value is -3.98. The van der Waals surface area contributed by atoms with Crippen molar-refractivity contribution in [2.24, 2.45) is 11.1 Å². The molecule has 2 saturated heterocycles. The van der Waals surface area contributed by atoms with E-state index in [0.29, 0.717) is 34.4 Å². The van der Waals surface area contributed by atoms with Crippen LogP contribution >= 0.6 is 0 Å². The monoisotopic (exact) mass is 515 g/mol. The first-order valence-corrected chi connectivity index (χ1v) is 12.9. The van der Waals surface area contributed by atoms with Gasteiger partial charge in [0.1, 0.15) is 23.7 Å². The largest absolute Gasteiger partial charge is 0.508 e. The number of hydrogen-bond acceptors (Lipinski definition) is 7. The Morgan fingerprint density at radius 3 is 2.58 bits per heavy atom. The summed E-state index contributed by atoms with van der Waals surface area (Å²) in [6, 6.07) is 15.0. The van der Waals surface area contributed by atoms with Crippen molar-refractivity contribution >= 4 is 33.4 Å². The number of piperazine rings is 1. The fraction of sp³-hybridized carbons (Fsp3) is 0.345. The molecular weight excluding hydrogens is 485 g/mol. The van der Waals surface area contributed by atoms with E-state index in [1.165, 1.54) is 0 Å². The van der Waals surface area contributed by atoms with E-state index in [1.54, 1.807) is 32.0 Å². The number of phenols is 1. The Bertz CT molecular complexity index is 1560. The Labute approximate surface area is 219 Å². The Kier molecular flexibility index (Phi) is 5.83. The maximum atomic E-state index is 16.4. The molecule has 1 amide bonds. The summed E-state index contributed by atoms with van der Waals surface area (Å²) in [6.07, 6.45) is 2.17. The van der Waals surface area contributed by atoms with E-state index in [0.717, 1.165) is 36.7 Å². The van der Waals surface area contributed by atoms with E-state index < -0.39 is 17.1 Å². The van der Waals surface area contributed by atoms with Gasteiger partial charge in [-0.25, -0.2) is 4.39 Å². The van der Waals surface area contributed by atoms with E-state index in [4.69, 9.17) is 15.5 Å². The summed E-state index contributed by atoms with van der Waals surface area (Å²) >= 11 is 0. The smallest absolute Gasteiger partial charge is 0.319 e. The maximum absolute atomic E-state index is 16.4. The molecule has 6 rings (SSSR count). The highest BCUT2D eigenvalue weighted by Gasteiger charge is 2.34. The number of carbonyl (C=O) groups is 1. The van der Waals surface area contributed by atoms with Gasteiger partial charge in [-0.15, -0.1) is 0 Å². The second kappa shape index (κ2) is 9.09. The Balaban J connectivity index is 1.51. The second-order valence-electron chi connectivity index (χ2n) is 10.9. The summed E-state index contributed by atoms with van der Waals surface area (Å²) in [5.74, 6) is -0.387. The first-order chi connectivity index (χ1) is 18.2. The van der Waals surface area contributed by atoms with Crippen LogP contribution in [-0.2, 0) is 4.79 Å². The number of anilines is 1. The maximum Gasteiger partial charge on any atom is 0.319 e. The predicted octanol–water partition coefficient (Wildman–Crippen LogP) is 4.13. The lowest BCUT2D eigenvalue weighted by Gasteiger charge is -2.34. The highest BCUT2D eigenvalue weighted by Crippen LogP contribution is 2.39. The van der Waals surface area contributed by atoms with Gasteiger partial charge < -0.3 is 25.8 Å². The molecule has 8 nitrogen and oxygen atoms in total. The molecule has 2 fully saturated rings. The van der Waals surface area contributed by atoms with Crippen LogP contribution in [0.15, 0.2) is 48.5 Å². The molecule has 9 heteroatoms. The number of nitrogens with one attached hydrogen (secondary N) is 1. The molecule has 0 unspecified atom stereocenters. The van der Waals surface area contributed by atoms with Crippen molar-refractivity contribution < 1.29 is 19.0 Å². The van der Waals surface area contributed by atoms with Crippen LogP contribution < -0.4 is 20.7 Å². The zero-order valence-electron chi connectivity index (χ0n) is 21.4. The summed E-state index contributed by atoms with van der Waals surface area (Å²) in [5.41, 5.74) is 5.58. The number of carbonyl (C=O) groups excluding carboxylic acids is 1. The van der Waals surface area contributed by atoms with Crippen molar-refractivity contribution in [3.63, 3.8) is 0 Å². The van der Waals surface area contributed by atoms with Gasteiger partial charge in [0.15, 0.2) is 5.82 Å². The first kappa shape index (κ1) is 24.4. The quantitative estimate of drug-likeness (QED) is 0.354. The molecule has 3 aromatic carbocycles. The van der Waals surface area contributed by atoms with Crippen LogP contribution in [0.3, 0.4) is 0 Å². The highest BCUT2D eigenvalue weighted by atomic mass is 19.1. The zero-order chi connectivity index (χ0) is 26.6. The summed E-state index contributed by atoms with van der Waals surface area (Å²) in [7, 11) is 0. The van der Waals surface area contributed by atoms with Gasteiger partial charge in [-0.1, -0.05) is 30.3 Å². The van der Waals surface area contributed by atoms with Crippen LogP contribution in [0.2, 0.25) is 0 Å². The Morgan fingerprint density at radius 2 is 1.84 bits per heavy atom. The third kappa shape index (κ3) is 4.26. The standard InChI is InChI=1S/C29H30FN5O3/c1-29(2,27(31)37)15-38-28-33-25-22(26(34-28)35-13-17-7-8-18(14-35)32-17)10-9-21(24(25)30)23-12-19(36)11-16-5-3-4-6-20(16)23/h3-6,9-12,17-18,32,36H,7-8,13-15H2,1-2H3,(H2,31,37)/t17-,18+. The van der Waals surface area contributed by atoms with Gasteiger partial charge in [0.05, 0.1) is 5.41 Å². The minimum atomic E-state index is -0.951. The first-order valence-electron chi connectivity index (χ1n) is 12.9. The van der Waals surface area contributed by atoms with Gasteiger partial charge in [0.25, 0.3) is 0 Å². The average molecular weight is 516 g/mol. The SMILES string of the molecule is CC(C)(COc1nc(N2C[C@H]3CC[C@@H](C2)N3)c2ccc(-c3cc(O)cc4ccccc34)c(F)c2n1)C(N)=O. The third-order valence-corrected chi connectivity index (χ3v) is 7.65. The molecule has 0 saturated carbocycles. The lowest BCUT2D eigenvalue weighted by atomic mass is 9.94. The van der Waals surface area contributed by atoms with Gasteiger partial charge in [-0.2, -0.15) is 9.97 Å². The lowest BCUT2D eigenvalue weighted by Crippen LogP contribution is -2.51. The molecule has 4 N–H and O–H groups in total. The summed E-state index contributed by atoms with van der Waals surface area (Å²) in [5, 5.41) is 16.2. The molecule has 2 atom stereocenters. The van der Waals surface area contributed by atoms with Crippen molar-refractivity contribution in [2.45, 2.75) is 38.8 Å². The van der Waals surface area contributed by atoms with Gasteiger partial charge in [-0.3, -0.25) is 4.79 Å². The number of aromatic nitrogens is 2. The number of fused-ring (bicyclic) bond motifs is 4. The van der Waals surface area contributed by atoms with Crippen LogP contribution in [0, 0.1) is 11.2 Å². The van der Waals surface area contributed by atoms with Crippen LogP contribution in [0.4, 0.5) is 10.2 Å². The zero-order valence-corrected chi connectivity index (χ0v) is 21.4. The van der Waals surface area contributed by atoms with E-state index in [-0.39, 0.29) is 23.9 Å². The number of ether oxygens (including phenoxy) is 1. The van der Waals surface area contributed by atoms with E-state index >= 15 is 4.39 Å². The van der Waals surface area contributed by atoms with Crippen LogP contribution in [-0.4, -0.2) is 52.8 Å². The summed E-state index contributed by atoms with van der Waals surface area (Å²) in [4.78, 5) is 23.2. The van der Waals surface area contributed by atoms with Crippen molar-refractivity contribution in [1.82, 2.24) is 15.3 Å². The van der Waals surface area contributed by atoms with Crippen molar-refractivity contribution in [3.05, 3.63) is 54.3 Å². The van der Waals surface area contributed by atoms with Crippen molar-refractivity contribution in [2.75, 3.05) is 24.6 Å². The molecule has 4 aromatic rings. The minimum absolute atomic E-state index is 0.00970. The van der Waals surface area contributed by atoms with Gasteiger partial charge in [0.2, 0.25) is 5.91 Å². The van der Waals surface area contributed by atoms with Gasteiger partial charge in [0, 0.05) is 36.1 Å². The van der Waals surface area contributed by atoms with Crippen molar-refractivity contribution in [3.8, 4) is 22.9 Å². The molecule has 2 aliphatic rings. The summed E-state index contributed by atoms with van der Waals surface area (Å²) < 4.78 is 22.2. The normalized spacial score (nSPS) is 19.3. The number of phenolic OH excluding ortho intramolecular Hbond substituents is 1. The number of primary amides is 1. The Morgan fingerprint density at radius 1 is 1.11 bits per heavy atom. The number of benzene rings is 3. The predicted molar refractivity (Wildman–Crippen MR) is 145 cm³/mol. The topological polar surface area (TPSA) is 114 Å². The molecular formula is C29H30FN5O3. The third-order valence-electron chi connectivity index (χ3n) is 7.65. The van der Waals surface area contributed by atoms with Gasteiger partial charge in [-0.05, 0) is 61.2 Å². The lowest BCUT2D eigenvalue weighted by molar-refractivity contribution is -0.127. The highest BCUT2D eigenvalue weighted by molar-refractivity contribution is 6.01.